The molecule has 1 aromatic heterocycles. The molecule has 0 aromatic carbocycles. The lowest BCUT2D eigenvalue weighted by atomic mass is 9.98. The average molecular weight is 315 g/mol. The van der Waals surface area contributed by atoms with E-state index < -0.39 is 21.9 Å². The van der Waals surface area contributed by atoms with Gasteiger partial charge in [-0.1, -0.05) is 20.8 Å². The van der Waals surface area contributed by atoms with Crippen LogP contribution in [0.25, 0.3) is 0 Å². The van der Waals surface area contributed by atoms with Gasteiger partial charge in [-0.2, -0.15) is 12.6 Å². The first-order chi connectivity index (χ1) is 9.83. The van der Waals surface area contributed by atoms with Gasteiger partial charge in [0.1, 0.15) is 0 Å². The SMILES string of the molecule is CCCn1cc([N+](=O)[O-])c(=O)n(CC(CS)C(C)C)c1=O. The lowest BCUT2D eigenvalue weighted by Gasteiger charge is -2.19. The van der Waals surface area contributed by atoms with Crippen LogP contribution in [0.4, 0.5) is 5.69 Å². The van der Waals surface area contributed by atoms with Gasteiger partial charge in [0.25, 0.3) is 0 Å². The summed E-state index contributed by atoms with van der Waals surface area (Å²) in [7, 11) is 0. The summed E-state index contributed by atoms with van der Waals surface area (Å²) in [6.07, 6.45) is 1.69. The van der Waals surface area contributed by atoms with Crippen molar-refractivity contribution in [2.75, 3.05) is 5.75 Å². The van der Waals surface area contributed by atoms with E-state index in [1.54, 1.807) is 0 Å². The van der Waals surface area contributed by atoms with Gasteiger partial charge in [0, 0.05) is 13.1 Å². The van der Waals surface area contributed by atoms with Crippen molar-refractivity contribution in [2.45, 2.75) is 40.3 Å². The van der Waals surface area contributed by atoms with E-state index in [2.05, 4.69) is 12.6 Å². The van der Waals surface area contributed by atoms with Gasteiger partial charge in [0.2, 0.25) is 0 Å². The molecule has 0 N–H and O–H groups in total. The highest BCUT2D eigenvalue weighted by atomic mass is 32.1. The molecular weight excluding hydrogens is 294 g/mol. The Kier molecular flexibility index (Phi) is 6.19. The minimum atomic E-state index is -0.843. The Morgan fingerprint density at radius 2 is 2.00 bits per heavy atom. The van der Waals surface area contributed by atoms with Crippen molar-refractivity contribution in [1.82, 2.24) is 9.13 Å². The number of rotatable bonds is 7. The molecule has 0 aliphatic rings. The van der Waals surface area contributed by atoms with E-state index in [0.717, 1.165) is 10.8 Å². The molecule has 1 atom stereocenters. The molecule has 21 heavy (non-hydrogen) atoms. The predicted molar refractivity (Wildman–Crippen MR) is 84.1 cm³/mol. The first-order valence-electron chi connectivity index (χ1n) is 6.93. The van der Waals surface area contributed by atoms with Crippen LogP contribution >= 0.6 is 12.6 Å². The summed E-state index contributed by atoms with van der Waals surface area (Å²) in [4.78, 5) is 34.7. The van der Waals surface area contributed by atoms with Gasteiger partial charge in [0.15, 0.2) is 0 Å². The Morgan fingerprint density at radius 1 is 1.38 bits per heavy atom. The van der Waals surface area contributed by atoms with Gasteiger partial charge in [0.05, 0.1) is 11.1 Å². The van der Waals surface area contributed by atoms with Crippen LogP contribution in [0.5, 0.6) is 0 Å². The fourth-order valence-electron chi connectivity index (χ4n) is 2.04. The molecule has 0 saturated heterocycles. The van der Waals surface area contributed by atoms with Crippen molar-refractivity contribution < 1.29 is 4.92 Å². The molecule has 0 amide bonds. The molecule has 7 nitrogen and oxygen atoms in total. The Hall–Kier alpha value is -1.57. The van der Waals surface area contributed by atoms with E-state index >= 15 is 0 Å². The maximum absolute atomic E-state index is 12.3. The number of aryl methyl sites for hydroxylation is 1. The van der Waals surface area contributed by atoms with E-state index in [4.69, 9.17) is 0 Å². The normalized spacial score (nSPS) is 12.6. The predicted octanol–water partition coefficient (Wildman–Crippen LogP) is 1.53. The molecule has 0 radical (unpaired) electrons. The Morgan fingerprint density at radius 3 is 2.43 bits per heavy atom. The number of hydrogen-bond donors (Lipinski definition) is 1. The van der Waals surface area contributed by atoms with Crippen LogP contribution in [0.1, 0.15) is 27.2 Å². The van der Waals surface area contributed by atoms with Gasteiger partial charge in [-0.25, -0.2) is 4.79 Å². The fraction of sp³-hybridized carbons (Fsp3) is 0.692. The molecule has 1 unspecified atom stereocenters. The molecular formula is C13H21N3O4S. The minimum Gasteiger partial charge on any atom is -0.293 e. The minimum absolute atomic E-state index is 0.00388. The van der Waals surface area contributed by atoms with Crippen LogP contribution in [-0.2, 0) is 13.1 Å². The summed E-state index contributed by atoms with van der Waals surface area (Å²) in [6.45, 7) is 6.28. The van der Waals surface area contributed by atoms with Crippen LogP contribution in [-0.4, -0.2) is 19.8 Å². The lowest BCUT2D eigenvalue weighted by molar-refractivity contribution is -0.387. The Bertz CT molecular complexity index is 621. The largest absolute Gasteiger partial charge is 0.350 e. The zero-order valence-electron chi connectivity index (χ0n) is 12.5. The molecule has 8 heteroatoms. The van der Waals surface area contributed by atoms with Crippen molar-refractivity contribution in [3.8, 4) is 0 Å². The van der Waals surface area contributed by atoms with Crippen molar-refractivity contribution in [3.05, 3.63) is 37.1 Å². The smallest absolute Gasteiger partial charge is 0.293 e. The van der Waals surface area contributed by atoms with Crippen LogP contribution in [0.2, 0.25) is 0 Å². The van der Waals surface area contributed by atoms with Crippen molar-refractivity contribution in [3.63, 3.8) is 0 Å². The standard InChI is InChI=1S/C13H21N3O4S/c1-4-5-14-7-11(16(19)20)12(17)15(13(14)18)6-10(8-21)9(2)3/h7,9-10,21H,4-6,8H2,1-3H3. The highest BCUT2D eigenvalue weighted by molar-refractivity contribution is 7.80. The number of thiol groups is 1. The maximum Gasteiger partial charge on any atom is 0.350 e. The Balaban J connectivity index is 3.44. The molecule has 1 aromatic rings. The maximum atomic E-state index is 12.3. The summed E-state index contributed by atoms with van der Waals surface area (Å²) < 4.78 is 2.20. The number of hydrogen-bond acceptors (Lipinski definition) is 5. The van der Waals surface area contributed by atoms with E-state index in [-0.39, 0.29) is 18.4 Å². The molecule has 0 saturated carbocycles. The quantitative estimate of drug-likeness (QED) is 0.469. The number of nitrogens with zero attached hydrogens (tertiary/aromatic N) is 3. The fourth-order valence-corrected chi connectivity index (χ4v) is 2.58. The number of nitro groups is 1. The first-order valence-corrected chi connectivity index (χ1v) is 7.56. The molecule has 0 fully saturated rings. The topological polar surface area (TPSA) is 87.1 Å². The summed E-state index contributed by atoms with van der Waals surface area (Å²) in [5.41, 5.74) is -1.91. The molecule has 1 heterocycles. The van der Waals surface area contributed by atoms with Crippen LogP contribution in [0, 0.1) is 22.0 Å². The first kappa shape index (κ1) is 17.5. The molecule has 0 bridgehead atoms. The van der Waals surface area contributed by atoms with E-state index in [1.807, 2.05) is 20.8 Å². The third-order valence-electron chi connectivity index (χ3n) is 3.47. The lowest BCUT2D eigenvalue weighted by Crippen LogP contribution is -2.42. The summed E-state index contributed by atoms with van der Waals surface area (Å²) in [5, 5.41) is 11.0. The third kappa shape index (κ3) is 3.96. The number of aromatic nitrogens is 2. The highest BCUT2D eigenvalue weighted by Crippen LogP contribution is 2.14. The molecule has 118 valence electrons. The van der Waals surface area contributed by atoms with Gasteiger partial charge in [-0.05, 0) is 24.0 Å². The monoisotopic (exact) mass is 315 g/mol. The van der Waals surface area contributed by atoms with E-state index in [9.17, 15) is 19.7 Å². The molecule has 0 aliphatic heterocycles. The van der Waals surface area contributed by atoms with Crippen molar-refractivity contribution in [2.24, 2.45) is 11.8 Å². The molecule has 0 spiro atoms. The zero-order chi connectivity index (χ0) is 16.2. The van der Waals surface area contributed by atoms with Gasteiger partial charge >= 0.3 is 16.9 Å². The summed E-state index contributed by atoms with van der Waals surface area (Å²) in [6, 6.07) is 0. The second-order valence-electron chi connectivity index (χ2n) is 5.35. The van der Waals surface area contributed by atoms with Crippen LogP contribution in [0.15, 0.2) is 15.8 Å². The van der Waals surface area contributed by atoms with Crippen LogP contribution < -0.4 is 11.2 Å². The highest BCUT2D eigenvalue weighted by Gasteiger charge is 2.22. The zero-order valence-corrected chi connectivity index (χ0v) is 13.4. The summed E-state index contributed by atoms with van der Waals surface area (Å²) >= 11 is 4.23. The van der Waals surface area contributed by atoms with E-state index in [1.165, 1.54) is 4.57 Å². The summed E-state index contributed by atoms with van der Waals surface area (Å²) in [5.74, 6) is 0.712. The van der Waals surface area contributed by atoms with Gasteiger partial charge in [-0.15, -0.1) is 0 Å². The van der Waals surface area contributed by atoms with E-state index in [0.29, 0.717) is 18.7 Å². The Labute approximate surface area is 128 Å². The molecule has 1 rings (SSSR count). The van der Waals surface area contributed by atoms with Crippen molar-refractivity contribution in [1.29, 1.82) is 0 Å². The average Bonchev–Trinajstić information content (AvgIpc) is 2.41. The second kappa shape index (κ2) is 7.44. The van der Waals surface area contributed by atoms with Gasteiger partial charge < -0.3 is 0 Å². The third-order valence-corrected chi connectivity index (χ3v) is 3.94. The van der Waals surface area contributed by atoms with Crippen molar-refractivity contribution >= 4 is 18.3 Å². The second-order valence-corrected chi connectivity index (χ2v) is 5.71. The molecule has 0 aliphatic carbocycles. The van der Waals surface area contributed by atoms with Crippen LogP contribution in [0.3, 0.4) is 0 Å². The van der Waals surface area contributed by atoms with Gasteiger partial charge in [-0.3, -0.25) is 24.0 Å².